The quantitative estimate of drug-likeness (QED) is 0.458. The Balaban J connectivity index is 1.71. The molecule has 0 unspecified atom stereocenters. The third kappa shape index (κ3) is 3.91. The Bertz CT molecular complexity index is 1210. The number of carbonyl (C=O) groups excluding carboxylic acids is 2. The normalized spacial score (nSPS) is 10.5. The Hall–Kier alpha value is -4.19. The number of aromatic nitrogens is 1. The Morgan fingerprint density at radius 1 is 0.759 bits per heavy atom. The number of rotatable bonds is 4. The van der Waals surface area contributed by atoms with Crippen molar-refractivity contribution in [2.75, 3.05) is 16.4 Å². The van der Waals surface area contributed by atoms with Gasteiger partial charge in [-0.25, -0.2) is 4.98 Å². The van der Waals surface area contributed by atoms with Gasteiger partial charge >= 0.3 is 0 Å². The van der Waals surface area contributed by atoms with Crippen LogP contribution in [-0.4, -0.2) is 16.8 Å². The molecule has 0 aliphatic heterocycles. The minimum Gasteiger partial charge on any atom is -0.398 e. The second-order valence-electron chi connectivity index (χ2n) is 6.44. The van der Waals surface area contributed by atoms with Gasteiger partial charge in [-0.15, -0.1) is 0 Å². The van der Waals surface area contributed by atoms with Crippen LogP contribution in [0.5, 0.6) is 0 Å². The molecule has 142 valence electrons. The molecule has 4 N–H and O–H groups in total. The summed E-state index contributed by atoms with van der Waals surface area (Å²) >= 11 is 0. The first-order valence-corrected chi connectivity index (χ1v) is 9.04. The number of anilines is 3. The number of nitrogens with zero attached hydrogens (tertiary/aromatic N) is 1. The highest BCUT2D eigenvalue weighted by Crippen LogP contribution is 2.26. The number of nitrogens with two attached hydrogens (primary N) is 1. The fourth-order valence-corrected chi connectivity index (χ4v) is 2.97. The summed E-state index contributed by atoms with van der Waals surface area (Å²) in [5, 5.41) is 6.45. The van der Waals surface area contributed by atoms with E-state index in [0.717, 1.165) is 5.39 Å². The molecule has 6 heteroatoms. The van der Waals surface area contributed by atoms with Gasteiger partial charge in [-0.1, -0.05) is 48.5 Å². The van der Waals surface area contributed by atoms with Gasteiger partial charge in [-0.3, -0.25) is 9.59 Å². The van der Waals surface area contributed by atoms with Gasteiger partial charge in [0.2, 0.25) is 0 Å². The van der Waals surface area contributed by atoms with Crippen molar-refractivity contribution in [2.45, 2.75) is 0 Å². The van der Waals surface area contributed by atoms with Gasteiger partial charge < -0.3 is 16.4 Å². The maximum Gasteiger partial charge on any atom is 0.257 e. The van der Waals surface area contributed by atoms with Crippen LogP contribution < -0.4 is 16.4 Å². The monoisotopic (exact) mass is 382 g/mol. The summed E-state index contributed by atoms with van der Waals surface area (Å²) < 4.78 is 0. The van der Waals surface area contributed by atoms with Crippen LogP contribution in [0.25, 0.3) is 10.9 Å². The molecule has 0 aliphatic rings. The van der Waals surface area contributed by atoms with Crippen LogP contribution in [0.1, 0.15) is 20.7 Å². The number of pyridine rings is 1. The summed E-state index contributed by atoms with van der Waals surface area (Å²) in [6, 6.07) is 24.9. The molecular weight excluding hydrogens is 364 g/mol. The third-order valence-corrected chi connectivity index (χ3v) is 4.45. The third-order valence-electron chi connectivity index (χ3n) is 4.45. The highest BCUT2D eigenvalue weighted by atomic mass is 16.2. The van der Waals surface area contributed by atoms with E-state index in [-0.39, 0.29) is 17.6 Å². The lowest BCUT2D eigenvalue weighted by atomic mass is 10.1. The summed E-state index contributed by atoms with van der Waals surface area (Å²) in [5.41, 5.74) is 8.22. The van der Waals surface area contributed by atoms with Crippen molar-refractivity contribution in [2.24, 2.45) is 0 Å². The van der Waals surface area contributed by atoms with E-state index >= 15 is 0 Å². The Morgan fingerprint density at radius 2 is 1.45 bits per heavy atom. The van der Waals surface area contributed by atoms with Crippen LogP contribution >= 0.6 is 0 Å². The van der Waals surface area contributed by atoms with Crippen molar-refractivity contribution < 1.29 is 9.59 Å². The van der Waals surface area contributed by atoms with E-state index in [0.29, 0.717) is 28.0 Å². The molecule has 4 aromatic rings. The number of benzene rings is 3. The van der Waals surface area contributed by atoms with Crippen molar-refractivity contribution in [3.05, 3.63) is 96.1 Å². The van der Waals surface area contributed by atoms with Crippen molar-refractivity contribution in [3.8, 4) is 0 Å². The number of para-hydroxylation sites is 2. The fourth-order valence-electron chi connectivity index (χ4n) is 2.97. The maximum atomic E-state index is 12.7. The lowest BCUT2D eigenvalue weighted by Crippen LogP contribution is -2.18. The van der Waals surface area contributed by atoms with E-state index in [1.807, 2.05) is 30.3 Å². The van der Waals surface area contributed by atoms with E-state index in [2.05, 4.69) is 15.6 Å². The van der Waals surface area contributed by atoms with Crippen molar-refractivity contribution >= 4 is 39.9 Å². The van der Waals surface area contributed by atoms with Crippen molar-refractivity contribution in [3.63, 3.8) is 0 Å². The van der Waals surface area contributed by atoms with Gasteiger partial charge in [-0.05, 0) is 36.4 Å². The average molecular weight is 382 g/mol. The molecule has 0 radical (unpaired) electrons. The van der Waals surface area contributed by atoms with E-state index in [9.17, 15) is 9.59 Å². The first-order valence-electron chi connectivity index (χ1n) is 9.04. The molecule has 0 bridgehead atoms. The van der Waals surface area contributed by atoms with Crippen LogP contribution in [-0.2, 0) is 0 Å². The molecule has 1 heterocycles. The SMILES string of the molecule is Nc1ccccc1C(=O)Nc1cc2ccccc2nc1NC(=O)c1ccccc1. The zero-order valence-electron chi connectivity index (χ0n) is 15.4. The molecule has 29 heavy (non-hydrogen) atoms. The van der Waals surface area contributed by atoms with Crippen molar-refractivity contribution in [1.82, 2.24) is 4.98 Å². The molecule has 1 aromatic heterocycles. The summed E-state index contributed by atoms with van der Waals surface area (Å²) in [6.07, 6.45) is 0. The summed E-state index contributed by atoms with van der Waals surface area (Å²) in [6.45, 7) is 0. The second-order valence-corrected chi connectivity index (χ2v) is 6.44. The van der Waals surface area contributed by atoms with Crippen LogP contribution in [0.15, 0.2) is 84.9 Å². The zero-order chi connectivity index (χ0) is 20.2. The van der Waals surface area contributed by atoms with Gasteiger partial charge in [0, 0.05) is 16.6 Å². The van der Waals surface area contributed by atoms with Gasteiger partial charge in [0.1, 0.15) is 0 Å². The number of amides is 2. The number of fused-ring (bicyclic) bond motifs is 1. The molecule has 6 nitrogen and oxygen atoms in total. The predicted molar refractivity (Wildman–Crippen MR) is 115 cm³/mol. The number of nitrogen functional groups attached to an aromatic ring is 1. The van der Waals surface area contributed by atoms with Crippen LogP contribution in [0.4, 0.5) is 17.2 Å². The number of nitrogens with one attached hydrogen (secondary N) is 2. The zero-order valence-corrected chi connectivity index (χ0v) is 15.4. The number of hydrogen-bond donors (Lipinski definition) is 3. The fraction of sp³-hybridized carbons (Fsp3) is 0. The molecule has 0 spiro atoms. The number of carbonyl (C=O) groups is 2. The minimum atomic E-state index is -0.379. The summed E-state index contributed by atoms with van der Waals surface area (Å²) in [7, 11) is 0. The van der Waals surface area contributed by atoms with Crippen LogP contribution in [0.2, 0.25) is 0 Å². The smallest absolute Gasteiger partial charge is 0.257 e. The lowest BCUT2D eigenvalue weighted by molar-refractivity contribution is 0.101. The highest BCUT2D eigenvalue weighted by Gasteiger charge is 2.16. The molecule has 3 aromatic carbocycles. The number of hydrogen-bond acceptors (Lipinski definition) is 4. The molecule has 0 fully saturated rings. The minimum absolute atomic E-state index is 0.264. The maximum absolute atomic E-state index is 12.7. The van der Waals surface area contributed by atoms with Crippen LogP contribution in [0.3, 0.4) is 0 Å². The second kappa shape index (κ2) is 7.82. The van der Waals surface area contributed by atoms with E-state index < -0.39 is 0 Å². The standard InChI is InChI=1S/C23H18N4O2/c24-18-12-6-5-11-17(18)23(29)26-20-14-16-10-4-7-13-19(16)25-21(20)27-22(28)15-8-2-1-3-9-15/h1-14H,24H2,(H,26,29)(H,25,27,28). The molecule has 4 rings (SSSR count). The summed E-state index contributed by atoms with van der Waals surface area (Å²) in [5.74, 6) is -0.432. The Morgan fingerprint density at radius 3 is 2.24 bits per heavy atom. The molecule has 2 amide bonds. The van der Waals surface area contributed by atoms with Crippen molar-refractivity contribution in [1.29, 1.82) is 0 Å². The predicted octanol–water partition coefficient (Wildman–Crippen LogP) is 4.32. The van der Waals surface area contributed by atoms with Crippen LogP contribution in [0, 0.1) is 0 Å². The summed E-state index contributed by atoms with van der Waals surface area (Å²) in [4.78, 5) is 29.9. The highest BCUT2D eigenvalue weighted by molar-refractivity contribution is 6.12. The topological polar surface area (TPSA) is 97.1 Å². The lowest BCUT2D eigenvalue weighted by Gasteiger charge is -2.14. The largest absolute Gasteiger partial charge is 0.398 e. The van der Waals surface area contributed by atoms with E-state index in [1.165, 1.54) is 0 Å². The van der Waals surface area contributed by atoms with Gasteiger partial charge in [0.15, 0.2) is 5.82 Å². The van der Waals surface area contributed by atoms with Gasteiger partial charge in [-0.2, -0.15) is 0 Å². The van der Waals surface area contributed by atoms with Gasteiger partial charge in [0.05, 0.1) is 16.8 Å². The average Bonchev–Trinajstić information content (AvgIpc) is 2.75. The molecule has 0 saturated heterocycles. The molecule has 0 saturated carbocycles. The molecular formula is C23H18N4O2. The van der Waals surface area contributed by atoms with Gasteiger partial charge in [0.25, 0.3) is 11.8 Å². The Labute approximate surface area is 167 Å². The first kappa shape index (κ1) is 18.2. The molecule has 0 aliphatic carbocycles. The van der Waals surface area contributed by atoms with E-state index in [1.54, 1.807) is 54.6 Å². The molecule has 0 atom stereocenters. The Kier molecular flexibility index (Phi) is 4.90. The van der Waals surface area contributed by atoms with E-state index in [4.69, 9.17) is 5.73 Å². The first-order chi connectivity index (χ1) is 14.1.